The topological polar surface area (TPSA) is 31.0 Å². The monoisotopic (exact) mass is 428 g/mol. The zero-order valence-electron chi connectivity index (χ0n) is 19.0. The number of furan rings is 1. The van der Waals surface area contributed by atoms with Crippen molar-refractivity contribution in [2.75, 3.05) is 0 Å². The molecule has 0 spiro atoms. The molecule has 0 aliphatic rings. The van der Waals surface area contributed by atoms with E-state index in [9.17, 15) is 0 Å². The van der Waals surface area contributed by atoms with Gasteiger partial charge in [-0.25, -0.2) is 4.98 Å². The Morgan fingerprint density at radius 1 is 0.697 bits per heavy atom. The van der Waals surface area contributed by atoms with E-state index in [0.717, 1.165) is 33.3 Å². The van der Waals surface area contributed by atoms with Gasteiger partial charge in [0.15, 0.2) is 0 Å². The first-order chi connectivity index (χ1) is 16.1. The number of rotatable bonds is 3. The molecule has 4 aromatic carbocycles. The second-order valence-corrected chi connectivity index (χ2v) is 8.66. The minimum Gasteiger partial charge on any atom is -0.456 e. The molecule has 0 fully saturated rings. The molecule has 0 saturated heterocycles. The van der Waals surface area contributed by atoms with Crippen molar-refractivity contribution < 1.29 is 4.42 Å². The van der Waals surface area contributed by atoms with Gasteiger partial charge in [0.05, 0.1) is 5.69 Å². The highest BCUT2D eigenvalue weighted by Crippen LogP contribution is 2.38. The van der Waals surface area contributed by atoms with Crippen LogP contribution in [0, 0.1) is 20.8 Å². The molecular weight excluding hydrogens is 404 g/mol. The number of nitrogens with zero attached hydrogens (tertiary/aromatic N) is 2. The normalized spacial score (nSPS) is 11.5. The molecule has 0 amide bonds. The van der Waals surface area contributed by atoms with Crippen LogP contribution in [0.2, 0.25) is 0 Å². The van der Waals surface area contributed by atoms with E-state index >= 15 is 0 Å². The summed E-state index contributed by atoms with van der Waals surface area (Å²) in [4.78, 5) is 4.69. The van der Waals surface area contributed by atoms with E-state index in [-0.39, 0.29) is 0 Å². The summed E-state index contributed by atoms with van der Waals surface area (Å²) in [5, 5.41) is 2.30. The lowest BCUT2D eigenvalue weighted by molar-refractivity contribution is 0.669. The Morgan fingerprint density at radius 3 is 2.30 bits per heavy atom. The van der Waals surface area contributed by atoms with Crippen molar-refractivity contribution in [3.05, 3.63) is 108 Å². The first-order valence-corrected chi connectivity index (χ1v) is 11.2. The van der Waals surface area contributed by atoms with Crippen molar-refractivity contribution in [2.24, 2.45) is 0 Å². The van der Waals surface area contributed by atoms with Crippen molar-refractivity contribution in [2.45, 2.75) is 20.8 Å². The summed E-state index contributed by atoms with van der Waals surface area (Å²) < 4.78 is 8.27. The summed E-state index contributed by atoms with van der Waals surface area (Å²) in [6.45, 7) is 6.60. The summed E-state index contributed by atoms with van der Waals surface area (Å²) in [5.74, 6) is 0.952. The van der Waals surface area contributed by atoms with Crippen molar-refractivity contribution in [3.8, 4) is 28.2 Å². The van der Waals surface area contributed by atoms with Crippen molar-refractivity contribution in [1.82, 2.24) is 9.55 Å². The predicted octanol–water partition coefficient (Wildman–Crippen LogP) is 8.03. The minimum absolute atomic E-state index is 0.920. The number of fused-ring (bicyclic) bond motifs is 3. The molecular formula is C30H24N2O. The van der Waals surface area contributed by atoms with Gasteiger partial charge in [-0.15, -0.1) is 0 Å². The van der Waals surface area contributed by atoms with E-state index in [1.165, 1.54) is 33.5 Å². The molecule has 6 rings (SSSR count). The number of para-hydroxylation sites is 1. The maximum Gasteiger partial charge on any atom is 0.144 e. The molecule has 0 N–H and O–H groups in total. The van der Waals surface area contributed by atoms with Crippen LogP contribution in [0.4, 0.5) is 0 Å². The third-order valence-corrected chi connectivity index (χ3v) is 6.51. The van der Waals surface area contributed by atoms with E-state index in [2.05, 4.69) is 97.2 Å². The van der Waals surface area contributed by atoms with Gasteiger partial charge >= 0.3 is 0 Å². The molecule has 3 nitrogen and oxygen atoms in total. The lowest BCUT2D eigenvalue weighted by Crippen LogP contribution is -2.04. The first kappa shape index (κ1) is 19.6. The molecule has 0 atom stereocenters. The summed E-state index contributed by atoms with van der Waals surface area (Å²) in [5.41, 5.74) is 10.3. The molecule has 0 unspecified atom stereocenters. The Kier molecular flexibility index (Phi) is 4.44. The largest absolute Gasteiger partial charge is 0.456 e. The molecule has 2 aromatic heterocycles. The Balaban J connectivity index is 1.58. The lowest BCUT2D eigenvalue weighted by Gasteiger charge is -2.20. The van der Waals surface area contributed by atoms with Gasteiger partial charge in [-0.2, -0.15) is 0 Å². The van der Waals surface area contributed by atoms with E-state index < -0.39 is 0 Å². The Morgan fingerprint density at radius 2 is 1.45 bits per heavy atom. The number of benzene rings is 4. The van der Waals surface area contributed by atoms with Gasteiger partial charge in [0.2, 0.25) is 0 Å². The van der Waals surface area contributed by atoms with Crippen LogP contribution in [-0.4, -0.2) is 9.55 Å². The Bertz CT molecular complexity index is 1640. The van der Waals surface area contributed by atoms with Crippen molar-refractivity contribution >= 4 is 21.9 Å². The Hall–Kier alpha value is -4.11. The number of hydrogen-bond donors (Lipinski definition) is 0. The molecule has 0 saturated carbocycles. The molecule has 0 radical (unpaired) electrons. The first-order valence-electron chi connectivity index (χ1n) is 11.2. The van der Waals surface area contributed by atoms with Crippen LogP contribution in [0.15, 0.2) is 95.7 Å². The van der Waals surface area contributed by atoms with Crippen LogP contribution in [-0.2, 0) is 0 Å². The lowest BCUT2D eigenvalue weighted by atomic mass is 9.91. The van der Waals surface area contributed by atoms with Gasteiger partial charge in [-0.05, 0) is 66.8 Å². The zero-order valence-corrected chi connectivity index (χ0v) is 19.0. The van der Waals surface area contributed by atoms with Gasteiger partial charge in [0.1, 0.15) is 17.0 Å². The summed E-state index contributed by atoms with van der Waals surface area (Å²) >= 11 is 0. The molecule has 3 heteroatoms. The third kappa shape index (κ3) is 3.08. The van der Waals surface area contributed by atoms with E-state index in [0.29, 0.717) is 0 Å². The Labute approximate surface area is 192 Å². The van der Waals surface area contributed by atoms with E-state index in [4.69, 9.17) is 4.42 Å². The van der Waals surface area contributed by atoms with Crippen molar-refractivity contribution in [3.63, 3.8) is 0 Å². The third-order valence-electron chi connectivity index (χ3n) is 6.51. The summed E-state index contributed by atoms with van der Waals surface area (Å²) in [6, 6.07) is 27.4. The van der Waals surface area contributed by atoms with E-state index in [1.807, 2.05) is 24.4 Å². The van der Waals surface area contributed by atoms with Crippen LogP contribution in [0.3, 0.4) is 0 Å². The number of aromatic nitrogens is 2. The fraction of sp³-hybridized carbons (Fsp3) is 0.100. The van der Waals surface area contributed by atoms with Crippen LogP contribution >= 0.6 is 0 Å². The van der Waals surface area contributed by atoms with Gasteiger partial charge in [0.25, 0.3) is 0 Å². The van der Waals surface area contributed by atoms with Gasteiger partial charge in [0, 0.05) is 28.7 Å². The highest BCUT2D eigenvalue weighted by atomic mass is 16.3. The van der Waals surface area contributed by atoms with Crippen molar-refractivity contribution in [1.29, 1.82) is 0 Å². The SMILES string of the molecule is Cc1cc(C)c(-n2ccnc2-c2ccccc2)c(C)c1-c1ccc2oc3ccccc3c2c1. The summed E-state index contributed by atoms with van der Waals surface area (Å²) in [7, 11) is 0. The average Bonchev–Trinajstić information content (AvgIpc) is 3.44. The van der Waals surface area contributed by atoms with E-state index in [1.54, 1.807) is 0 Å². The average molecular weight is 429 g/mol. The fourth-order valence-corrected chi connectivity index (χ4v) is 5.16. The highest BCUT2D eigenvalue weighted by Gasteiger charge is 2.18. The molecule has 2 heterocycles. The molecule has 6 aromatic rings. The molecule has 0 aliphatic carbocycles. The van der Waals surface area contributed by atoms with Crippen LogP contribution in [0.25, 0.3) is 50.1 Å². The molecule has 0 aliphatic heterocycles. The van der Waals surface area contributed by atoms with Crippen LogP contribution in [0.5, 0.6) is 0 Å². The second-order valence-electron chi connectivity index (χ2n) is 8.66. The van der Waals surface area contributed by atoms with Crippen LogP contribution < -0.4 is 0 Å². The minimum atomic E-state index is 0.920. The molecule has 0 bridgehead atoms. The maximum absolute atomic E-state index is 6.06. The zero-order chi connectivity index (χ0) is 22.5. The fourth-order valence-electron chi connectivity index (χ4n) is 5.16. The maximum atomic E-state index is 6.06. The van der Waals surface area contributed by atoms with Gasteiger partial charge in [-0.1, -0.05) is 60.7 Å². The standard InChI is InChI=1S/C30H24N2O/c1-19-17-20(2)29(32-16-15-31-30(32)22-9-5-4-6-10-22)21(3)28(19)23-13-14-27-25(18-23)24-11-7-8-12-26(24)33-27/h4-18H,1-3H3. The van der Waals surface area contributed by atoms with Crippen LogP contribution in [0.1, 0.15) is 16.7 Å². The van der Waals surface area contributed by atoms with Gasteiger partial charge < -0.3 is 4.42 Å². The molecule has 160 valence electrons. The summed E-state index contributed by atoms with van der Waals surface area (Å²) in [6.07, 6.45) is 3.94. The van der Waals surface area contributed by atoms with Gasteiger partial charge in [-0.3, -0.25) is 4.57 Å². The predicted molar refractivity (Wildman–Crippen MR) is 136 cm³/mol. The number of imidazole rings is 1. The smallest absolute Gasteiger partial charge is 0.144 e. The second kappa shape index (κ2) is 7.49. The highest BCUT2D eigenvalue weighted by molar-refractivity contribution is 6.06. The number of hydrogen-bond acceptors (Lipinski definition) is 2. The quantitative estimate of drug-likeness (QED) is 0.286. The molecule has 33 heavy (non-hydrogen) atoms. The number of aryl methyl sites for hydroxylation is 2.